The first-order valence-corrected chi connectivity index (χ1v) is 7.23. The van der Waals surface area contributed by atoms with Gasteiger partial charge in [-0.2, -0.15) is 0 Å². The van der Waals surface area contributed by atoms with Gasteiger partial charge in [0, 0.05) is 17.7 Å². The summed E-state index contributed by atoms with van der Waals surface area (Å²) < 4.78 is 5.61. The summed E-state index contributed by atoms with van der Waals surface area (Å²) in [7, 11) is 0. The van der Waals surface area contributed by atoms with E-state index in [4.69, 9.17) is 16.3 Å². The largest absolute Gasteiger partial charge is 0.381 e. The Morgan fingerprint density at radius 3 is 2.78 bits per heavy atom. The molecule has 2 nitrogen and oxygen atoms in total. The SMILES string of the molecule is CCNC(Cc1ccc(Cl)cc1)C1CCCOC1. The second-order valence-electron chi connectivity index (χ2n) is 4.97. The Morgan fingerprint density at radius 2 is 2.17 bits per heavy atom. The zero-order chi connectivity index (χ0) is 12.8. The lowest BCUT2D eigenvalue weighted by Gasteiger charge is -2.31. The van der Waals surface area contributed by atoms with Gasteiger partial charge in [0.1, 0.15) is 0 Å². The Morgan fingerprint density at radius 1 is 1.39 bits per heavy atom. The average molecular weight is 268 g/mol. The quantitative estimate of drug-likeness (QED) is 0.884. The van der Waals surface area contributed by atoms with Crippen molar-refractivity contribution in [1.82, 2.24) is 5.32 Å². The highest BCUT2D eigenvalue weighted by Crippen LogP contribution is 2.21. The Bertz CT molecular complexity index is 346. The fourth-order valence-electron chi connectivity index (χ4n) is 2.63. The van der Waals surface area contributed by atoms with Gasteiger partial charge in [0.05, 0.1) is 6.61 Å². The van der Waals surface area contributed by atoms with Gasteiger partial charge in [-0.25, -0.2) is 0 Å². The van der Waals surface area contributed by atoms with Crippen molar-refractivity contribution in [2.45, 2.75) is 32.2 Å². The maximum Gasteiger partial charge on any atom is 0.0509 e. The molecule has 2 rings (SSSR count). The molecule has 0 radical (unpaired) electrons. The summed E-state index contributed by atoms with van der Waals surface area (Å²) in [6.07, 6.45) is 3.51. The van der Waals surface area contributed by atoms with Crippen LogP contribution in [0.25, 0.3) is 0 Å². The van der Waals surface area contributed by atoms with E-state index in [1.165, 1.54) is 18.4 Å². The molecule has 1 N–H and O–H groups in total. The number of hydrogen-bond donors (Lipinski definition) is 1. The molecule has 0 aliphatic carbocycles. The van der Waals surface area contributed by atoms with Gasteiger partial charge in [-0.1, -0.05) is 30.7 Å². The van der Waals surface area contributed by atoms with E-state index >= 15 is 0 Å². The molecular formula is C15H22ClNO. The Balaban J connectivity index is 1.98. The number of rotatable bonds is 5. The predicted octanol–water partition coefficient (Wildman–Crippen LogP) is 3.29. The van der Waals surface area contributed by atoms with Crippen molar-refractivity contribution < 1.29 is 4.74 Å². The molecule has 1 aromatic rings. The Kier molecular flexibility index (Phi) is 5.48. The van der Waals surface area contributed by atoms with Gasteiger partial charge in [0.15, 0.2) is 0 Å². The van der Waals surface area contributed by atoms with E-state index in [0.717, 1.165) is 31.2 Å². The molecule has 0 aromatic heterocycles. The van der Waals surface area contributed by atoms with Gasteiger partial charge >= 0.3 is 0 Å². The highest BCUT2D eigenvalue weighted by Gasteiger charge is 2.23. The normalized spacial score (nSPS) is 21.8. The fraction of sp³-hybridized carbons (Fsp3) is 0.600. The third kappa shape index (κ3) is 3.98. The van der Waals surface area contributed by atoms with Crippen molar-refractivity contribution in [3.8, 4) is 0 Å². The molecule has 1 saturated heterocycles. The van der Waals surface area contributed by atoms with Crippen molar-refractivity contribution in [3.63, 3.8) is 0 Å². The van der Waals surface area contributed by atoms with E-state index in [-0.39, 0.29) is 0 Å². The maximum atomic E-state index is 5.92. The fourth-order valence-corrected chi connectivity index (χ4v) is 2.75. The molecule has 0 bridgehead atoms. The van der Waals surface area contributed by atoms with Crippen molar-refractivity contribution in [2.75, 3.05) is 19.8 Å². The van der Waals surface area contributed by atoms with E-state index in [1.807, 2.05) is 12.1 Å². The molecule has 2 atom stereocenters. The van der Waals surface area contributed by atoms with Crippen LogP contribution in [-0.4, -0.2) is 25.8 Å². The lowest BCUT2D eigenvalue weighted by Crippen LogP contribution is -2.41. The summed E-state index contributed by atoms with van der Waals surface area (Å²) in [6, 6.07) is 8.69. The van der Waals surface area contributed by atoms with Crippen molar-refractivity contribution in [2.24, 2.45) is 5.92 Å². The molecule has 18 heavy (non-hydrogen) atoms. The van der Waals surface area contributed by atoms with Crippen LogP contribution in [-0.2, 0) is 11.2 Å². The topological polar surface area (TPSA) is 21.3 Å². The molecule has 100 valence electrons. The van der Waals surface area contributed by atoms with E-state index in [1.54, 1.807) is 0 Å². The first-order valence-electron chi connectivity index (χ1n) is 6.85. The zero-order valence-electron chi connectivity index (χ0n) is 11.0. The first-order chi connectivity index (χ1) is 8.79. The van der Waals surface area contributed by atoms with Crippen LogP contribution >= 0.6 is 11.6 Å². The molecule has 1 heterocycles. The standard InChI is InChI=1S/C15H22ClNO/c1-2-17-15(13-4-3-9-18-11-13)10-12-5-7-14(16)8-6-12/h5-8,13,15,17H,2-4,9-11H2,1H3. The van der Waals surface area contributed by atoms with Crippen molar-refractivity contribution >= 4 is 11.6 Å². The summed E-state index contributed by atoms with van der Waals surface area (Å²) in [4.78, 5) is 0. The third-order valence-electron chi connectivity index (χ3n) is 3.60. The van der Waals surface area contributed by atoms with Gasteiger partial charge in [-0.3, -0.25) is 0 Å². The number of hydrogen-bond acceptors (Lipinski definition) is 2. The van der Waals surface area contributed by atoms with Gasteiger partial charge < -0.3 is 10.1 Å². The lowest BCUT2D eigenvalue weighted by molar-refractivity contribution is 0.0396. The molecule has 1 aromatic carbocycles. The second kappa shape index (κ2) is 7.13. The minimum absolute atomic E-state index is 0.511. The molecular weight excluding hydrogens is 246 g/mol. The van der Waals surface area contributed by atoms with Crippen LogP contribution in [0.3, 0.4) is 0 Å². The Hall–Kier alpha value is -0.570. The number of halogens is 1. The van der Waals surface area contributed by atoms with Crippen LogP contribution in [0.4, 0.5) is 0 Å². The number of ether oxygens (including phenoxy) is 1. The molecule has 0 saturated carbocycles. The van der Waals surface area contributed by atoms with Crippen LogP contribution in [0, 0.1) is 5.92 Å². The van der Waals surface area contributed by atoms with Gasteiger partial charge in [-0.05, 0) is 49.4 Å². The molecule has 1 aliphatic rings. The summed E-state index contributed by atoms with van der Waals surface area (Å²) >= 11 is 5.92. The number of likely N-dealkylation sites (N-methyl/N-ethyl adjacent to an activating group) is 1. The maximum absolute atomic E-state index is 5.92. The van der Waals surface area contributed by atoms with Gasteiger partial charge in [-0.15, -0.1) is 0 Å². The summed E-state index contributed by atoms with van der Waals surface area (Å²) in [5.74, 6) is 0.634. The van der Waals surface area contributed by atoms with Crippen LogP contribution in [0.1, 0.15) is 25.3 Å². The summed E-state index contributed by atoms with van der Waals surface area (Å²) in [5.41, 5.74) is 1.34. The van der Waals surface area contributed by atoms with Crippen LogP contribution in [0.2, 0.25) is 5.02 Å². The minimum Gasteiger partial charge on any atom is -0.381 e. The van der Waals surface area contributed by atoms with Crippen LogP contribution in [0.5, 0.6) is 0 Å². The predicted molar refractivity (Wildman–Crippen MR) is 76.2 cm³/mol. The molecule has 0 amide bonds. The van der Waals surface area contributed by atoms with E-state index in [2.05, 4.69) is 24.4 Å². The molecule has 3 heteroatoms. The summed E-state index contributed by atoms with van der Waals surface area (Å²) in [6.45, 7) is 4.99. The minimum atomic E-state index is 0.511. The van der Waals surface area contributed by atoms with E-state index in [9.17, 15) is 0 Å². The van der Waals surface area contributed by atoms with Crippen molar-refractivity contribution in [3.05, 3.63) is 34.9 Å². The number of nitrogens with one attached hydrogen (secondary N) is 1. The molecule has 1 aliphatic heterocycles. The average Bonchev–Trinajstić information content (AvgIpc) is 2.42. The summed E-state index contributed by atoms with van der Waals surface area (Å²) in [5, 5.41) is 4.41. The highest BCUT2D eigenvalue weighted by atomic mass is 35.5. The first kappa shape index (κ1) is 13.9. The molecule has 0 spiro atoms. The van der Waals surface area contributed by atoms with Gasteiger partial charge in [0.2, 0.25) is 0 Å². The number of benzene rings is 1. The zero-order valence-corrected chi connectivity index (χ0v) is 11.7. The molecule has 1 fully saturated rings. The molecule has 2 unspecified atom stereocenters. The van der Waals surface area contributed by atoms with Crippen LogP contribution < -0.4 is 5.32 Å². The van der Waals surface area contributed by atoms with E-state index in [0.29, 0.717) is 12.0 Å². The monoisotopic (exact) mass is 267 g/mol. The van der Waals surface area contributed by atoms with E-state index < -0.39 is 0 Å². The Labute approximate surface area is 115 Å². The smallest absolute Gasteiger partial charge is 0.0509 e. The second-order valence-corrected chi connectivity index (χ2v) is 5.41. The van der Waals surface area contributed by atoms with Crippen molar-refractivity contribution in [1.29, 1.82) is 0 Å². The third-order valence-corrected chi connectivity index (χ3v) is 3.85. The van der Waals surface area contributed by atoms with Gasteiger partial charge in [0.25, 0.3) is 0 Å². The highest BCUT2D eigenvalue weighted by molar-refractivity contribution is 6.30. The lowest BCUT2D eigenvalue weighted by atomic mass is 9.89. The van der Waals surface area contributed by atoms with Crippen LogP contribution in [0.15, 0.2) is 24.3 Å².